The Morgan fingerprint density at radius 2 is 1.39 bits per heavy atom. The van der Waals surface area contributed by atoms with Crippen molar-refractivity contribution < 1.29 is 9.72 Å². The molecule has 1 heterocycles. The smallest absolute Gasteiger partial charge is 0.270 e. The lowest BCUT2D eigenvalue weighted by atomic mass is 10.00. The number of nitro groups is 1. The standard InChI is InChI=1S/C32H21N3O3/c33-22-27(32(36)25-15-10-18-29(20-25)35(37)38)19-26-21-30(23-11-4-1-5-12-23)34(28-16-8-3-9-17-28)31(26)24-13-6-2-7-14-24/h1-21H. The van der Waals surface area contributed by atoms with Crippen molar-refractivity contribution in [2.45, 2.75) is 0 Å². The Bertz CT molecular complexity index is 1700. The van der Waals surface area contributed by atoms with Crippen molar-refractivity contribution in [3.63, 3.8) is 0 Å². The number of Topliss-reactive ketones (excluding diaryl/α,β-unsaturated/α-hetero) is 1. The molecule has 6 heteroatoms. The van der Waals surface area contributed by atoms with E-state index in [-0.39, 0.29) is 16.8 Å². The van der Waals surface area contributed by atoms with Crippen LogP contribution >= 0.6 is 0 Å². The lowest BCUT2D eigenvalue weighted by molar-refractivity contribution is -0.384. The number of rotatable bonds is 7. The van der Waals surface area contributed by atoms with Crippen LogP contribution in [-0.2, 0) is 0 Å². The number of hydrogen-bond acceptors (Lipinski definition) is 4. The van der Waals surface area contributed by atoms with E-state index in [1.165, 1.54) is 24.3 Å². The summed E-state index contributed by atoms with van der Waals surface area (Å²) in [5.41, 5.74) is 4.94. The molecule has 0 radical (unpaired) electrons. The second kappa shape index (κ2) is 10.6. The molecular weight excluding hydrogens is 474 g/mol. The van der Waals surface area contributed by atoms with E-state index >= 15 is 0 Å². The van der Waals surface area contributed by atoms with Crippen molar-refractivity contribution in [3.05, 3.63) is 148 Å². The summed E-state index contributed by atoms with van der Waals surface area (Å²) >= 11 is 0. The molecule has 5 aromatic rings. The van der Waals surface area contributed by atoms with E-state index in [1.807, 2.05) is 103 Å². The third-order valence-electron chi connectivity index (χ3n) is 6.15. The van der Waals surface area contributed by atoms with Crippen LogP contribution in [0.15, 0.2) is 127 Å². The number of carbonyl (C=O) groups is 1. The maximum Gasteiger partial charge on any atom is 0.270 e. The van der Waals surface area contributed by atoms with E-state index < -0.39 is 10.7 Å². The zero-order chi connectivity index (χ0) is 26.5. The highest BCUT2D eigenvalue weighted by Gasteiger charge is 2.21. The third-order valence-corrected chi connectivity index (χ3v) is 6.15. The van der Waals surface area contributed by atoms with Crippen LogP contribution in [0.3, 0.4) is 0 Å². The van der Waals surface area contributed by atoms with Gasteiger partial charge in [-0.25, -0.2) is 0 Å². The van der Waals surface area contributed by atoms with Gasteiger partial charge in [-0.1, -0.05) is 91.0 Å². The van der Waals surface area contributed by atoms with Crippen LogP contribution in [0, 0.1) is 21.4 Å². The summed E-state index contributed by atoms with van der Waals surface area (Å²) in [6.45, 7) is 0. The Morgan fingerprint density at radius 3 is 2.00 bits per heavy atom. The lowest BCUT2D eigenvalue weighted by Crippen LogP contribution is -2.03. The summed E-state index contributed by atoms with van der Waals surface area (Å²) in [5.74, 6) is -0.580. The molecule has 0 unspecified atom stereocenters. The number of nitriles is 1. The topological polar surface area (TPSA) is 88.9 Å². The fraction of sp³-hybridized carbons (Fsp3) is 0. The highest BCUT2D eigenvalue weighted by molar-refractivity contribution is 6.14. The van der Waals surface area contributed by atoms with Gasteiger partial charge in [-0.2, -0.15) is 5.26 Å². The first-order valence-electron chi connectivity index (χ1n) is 11.9. The van der Waals surface area contributed by atoms with Gasteiger partial charge in [-0.15, -0.1) is 0 Å². The number of ketones is 1. The quantitative estimate of drug-likeness (QED) is 0.0768. The number of hydrogen-bond donors (Lipinski definition) is 0. The van der Waals surface area contributed by atoms with Gasteiger partial charge in [0.05, 0.1) is 16.3 Å². The molecule has 38 heavy (non-hydrogen) atoms. The Hall–Kier alpha value is -5.54. The fourth-order valence-corrected chi connectivity index (χ4v) is 4.42. The second-order valence-electron chi connectivity index (χ2n) is 8.54. The van der Waals surface area contributed by atoms with Crippen LogP contribution < -0.4 is 0 Å². The van der Waals surface area contributed by atoms with Gasteiger partial charge in [-0.05, 0) is 35.4 Å². The first kappa shape index (κ1) is 24.2. The molecule has 0 amide bonds. The molecule has 0 N–H and O–H groups in total. The summed E-state index contributed by atoms with van der Waals surface area (Å²) in [4.78, 5) is 24.0. The number of nitrogens with zero attached hydrogens (tertiary/aromatic N) is 3. The number of nitro benzene ring substituents is 1. The van der Waals surface area contributed by atoms with Gasteiger partial charge in [0.1, 0.15) is 11.6 Å². The number of aromatic nitrogens is 1. The van der Waals surface area contributed by atoms with Gasteiger partial charge in [-0.3, -0.25) is 14.9 Å². The van der Waals surface area contributed by atoms with E-state index in [9.17, 15) is 20.2 Å². The fourth-order valence-electron chi connectivity index (χ4n) is 4.42. The van der Waals surface area contributed by atoms with Crippen molar-refractivity contribution >= 4 is 17.5 Å². The van der Waals surface area contributed by atoms with Gasteiger partial charge in [0.2, 0.25) is 5.78 Å². The van der Waals surface area contributed by atoms with Crippen LogP contribution in [0.2, 0.25) is 0 Å². The van der Waals surface area contributed by atoms with Gasteiger partial charge in [0.25, 0.3) is 5.69 Å². The minimum absolute atomic E-state index is 0.0824. The summed E-state index contributed by atoms with van der Waals surface area (Å²) in [5, 5.41) is 21.2. The molecule has 0 atom stereocenters. The molecule has 1 aromatic heterocycles. The summed E-state index contributed by atoms with van der Waals surface area (Å²) in [6, 6.07) is 38.9. The first-order chi connectivity index (χ1) is 18.6. The van der Waals surface area contributed by atoms with Crippen molar-refractivity contribution in [2.75, 3.05) is 0 Å². The maximum atomic E-state index is 13.3. The normalized spacial score (nSPS) is 11.1. The molecule has 0 spiro atoms. The molecule has 0 aliphatic rings. The largest absolute Gasteiger partial charge is 0.309 e. The average Bonchev–Trinajstić information content (AvgIpc) is 3.36. The molecule has 0 aliphatic carbocycles. The zero-order valence-electron chi connectivity index (χ0n) is 20.2. The van der Waals surface area contributed by atoms with Gasteiger partial charge < -0.3 is 4.57 Å². The van der Waals surface area contributed by atoms with Gasteiger partial charge >= 0.3 is 0 Å². The molecule has 0 aliphatic heterocycles. The Morgan fingerprint density at radius 1 is 0.789 bits per heavy atom. The molecule has 0 saturated carbocycles. The average molecular weight is 496 g/mol. The third kappa shape index (κ3) is 4.77. The van der Waals surface area contributed by atoms with E-state index in [1.54, 1.807) is 6.08 Å². The second-order valence-corrected chi connectivity index (χ2v) is 8.54. The predicted molar refractivity (Wildman–Crippen MR) is 148 cm³/mol. The van der Waals surface area contributed by atoms with Crippen LogP contribution in [-0.4, -0.2) is 15.3 Å². The highest BCUT2D eigenvalue weighted by Crippen LogP contribution is 2.37. The number of carbonyl (C=O) groups excluding carboxylic acids is 1. The molecule has 6 nitrogen and oxygen atoms in total. The summed E-state index contributed by atoms with van der Waals surface area (Å²) in [6.07, 6.45) is 1.56. The van der Waals surface area contributed by atoms with E-state index in [0.717, 1.165) is 28.2 Å². The van der Waals surface area contributed by atoms with Crippen LogP contribution in [0.25, 0.3) is 34.3 Å². The van der Waals surface area contributed by atoms with Gasteiger partial charge in [0.15, 0.2) is 0 Å². The minimum atomic E-state index is -0.580. The monoisotopic (exact) mass is 495 g/mol. The molecular formula is C32H21N3O3. The molecule has 4 aromatic carbocycles. The van der Waals surface area contributed by atoms with Crippen molar-refractivity contribution in [1.29, 1.82) is 5.26 Å². The van der Waals surface area contributed by atoms with Crippen LogP contribution in [0.4, 0.5) is 5.69 Å². The van der Waals surface area contributed by atoms with Gasteiger partial charge in [0, 0.05) is 28.9 Å². The number of allylic oxidation sites excluding steroid dienone is 1. The minimum Gasteiger partial charge on any atom is -0.309 e. The molecule has 0 bridgehead atoms. The number of benzene rings is 4. The highest BCUT2D eigenvalue weighted by atomic mass is 16.6. The number of non-ortho nitro benzene ring substituents is 1. The van der Waals surface area contributed by atoms with Crippen LogP contribution in [0.5, 0.6) is 0 Å². The van der Waals surface area contributed by atoms with Crippen LogP contribution in [0.1, 0.15) is 15.9 Å². The Kier molecular flexibility index (Phi) is 6.75. The summed E-state index contributed by atoms with van der Waals surface area (Å²) < 4.78 is 2.11. The number of para-hydroxylation sites is 1. The Balaban J connectivity index is 1.76. The summed E-state index contributed by atoms with van der Waals surface area (Å²) in [7, 11) is 0. The van der Waals surface area contributed by atoms with Crippen molar-refractivity contribution in [1.82, 2.24) is 4.57 Å². The molecule has 0 fully saturated rings. The lowest BCUT2D eigenvalue weighted by Gasteiger charge is -2.15. The molecule has 0 saturated heterocycles. The zero-order valence-corrected chi connectivity index (χ0v) is 20.2. The maximum absolute atomic E-state index is 13.3. The Labute approximate surface area is 219 Å². The van der Waals surface area contributed by atoms with E-state index in [4.69, 9.17) is 0 Å². The first-order valence-corrected chi connectivity index (χ1v) is 11.9. The predicted octanol–water partition coefficient (Wildman–Crippen LogP) is 7.51. The van der Waals surface area contributed by atoms with Crippen molar-refractivity contribution in [3.8, 4) is 34.3 Å². The molecule has 182 valence electrons. The van der Waals surface area contributed by atoms with E-state index in [2.05, 4.69) is 4.57 Å². The van der Waals surface area contributed by atoms with E-state index in [0.29, 0.717) is 5.56 Å². The molecule has 5 rings (SSSR count). The van der Waals surface area contributed by atoms with Crippen molar-refractivity contribution in [2.24, 2.45) is 0 Å². The SMILES string of the molecule is N#CC(=Cc1cc(-c2ccccc2)n(-c2ccccc2)c1-c1ccccc1)C(=O)c1cccc([N+](=O)[O-])c1.